The Morgan fingerprint density at radius 1 is 1.38 bits per heavy atom. The van der Waals surface area contributed by atoms with Crippen LogP contribution in [0.1, 0.15) is 12.0 Å². The molecule has 1 aromatic rings. The van der Waals surface area contributed by atoms with Crippen LogP contribution in [0.4, 0.5) is 0 Å². The summed E-state index contributed by atoms with van der Waals surface area (Å²) < 4.78 is 0. The molecular weight excluding hydrogens is 336 g/mol. The fourth-order valence-corrected chi connectivity index (χ4v) is 1.82. The van der Waals surface area contributed by atoms with Gasteiger partial charge in [-0.15, -0.1) is 0 Å². The number of carboxylic acid groups (broad SMARTS) is 1. The molecule has 5 heteroatoms. The fraction of sp³-hybridized carbons (Fsp3) is 0.364. The Balaban J connectivity index is 0.00000225. The predicted octanol–water partition coefficient (Wildman–Crippen LogP) is 0.0224. The van der Waals surface area contributed by atoms with Gasteiger partial charge in [-0.05, 0) is 0 Å². The minimum atomic E-state index is -0.781. The van der Waals surface area contributed by atoms with E-state index in [1.54, 1.807) is 0 Å². The molecule has 0 saturated heterocycles. The zero-order chi connectivity index (χ0) is 11.1. The number of carbonyl (C=O) groups is 1. The summed E-state index contributed by atoms with van der Waals surface area (Å²) in [6.07, 6.45) is 0.641. The molecule has 16 heavy (non-hydrogen) atoms. The molecule has 0 radical (unpaired) electrons. The Kier molecular flexibility index (Phi) is 8.63. The quantitative estimate of drug-likeness (QED) is 0.710. The normalized spacial score (nSPS) is 11.6. The monoisotopic (exact) mass is 355 g/mol. The molecule has 1 atom stereocenters. The number of aliphatic carboxylic acids is 1. The molecule has 3 nitrogen and oxygen atoms in total. The van der Waals surface area contributed by atoms with Gasteiger partial charge in [0.1, 0.15) is 0 Å². The van der Waals surface area contributed by atoms with Crippen molar-refractivity contribution in [1.29, 1.82) is 0 Å². The van der Waals surface area contributed by atoms with Gasteiger partial charge in [0.25, 0.3) is 0 Å². The van der Waals surface area contributed by atoms with Gasteiger partial charge in [-0.2, -0.15) is 0 Å². The molecule has 1 rings (SSSR count). The SMILES string of the molecule is O=C(O)C(CC[SeH])NCc1ccccc1.[SeH2]. The van der Waals surface area contributed by atoms with Crippen LogP contribution in [0.3, 0.4) is 0 Å². The first kappa shape index (κ1) is 15.7. The molecule has 1 unspecified atom stereocenters. The van der Waals surface area contributed by atoms with Crippen LogP contribution in [0.15, 0.2) is 30.3 Å². The molecule has 0 aliphatic rings. The maximum absolute atomic E-state index is 10.8. The number of nitrogens with one attached hydrogen (secondary N) is 1. The molecular formula is C11H17NO2Se2. The molecule has 0 aliphatic carbocycles. The minimum absolute atomic E-state index is 0. The summed E-state index contributed by atoms with van der Waals surface area (Å²) in [5.74, 6) is -0.781. The van der Waals surface area contributed by atoms with Crippen LogP contribution < -0.4 is 5.32 Å². The van der Waals surface area contributed by atoms with E-state index in [9.17, 15) is 4.79 Å². The second-order valence-electron chi connectivity index (χ2n) is 3.27. The molecule has 0 aromatic heterocycles. The summed E-state index contributed by atoms with van der Waals surface area (Å²) in [6, 6.07) is 9.35. The number of carboxylic acids is 1. The molecule has 0 aliphatic heterocycles. The summed E-state index contributed by atoms with van der Waals surface area (Å²) in [5, 5.41) is 12.8. The maximum atomic E-state index is 10.8. The van der Waals surface area contributed by atoms with E-state index < -0.39 is 12.0 Å². The predicted molar refractivity (Wildman–Crippen MR) is 69.8 cm³/mol. The summed E-state index contributed by atoms with van der Waals surface area (Å²) >= 11 is 2.40. The Morgan fingerprint density at radius 3 is 2.50 bits per heavy atom. The van der Waals surface area contributed by atoms with E-state index >= 15 is 0 Å². The molecule has 1 aromatic carbocycles. The third kappa shape index (κ3) is 5.69. The van der Waals surface area contributed by atoms with Gasteiger partial charge in [0, 0.05) is 0 Å². The number of rotatable bonds is 6. The van der Waals surface area contributed by atoms with Crippen LogP contribution in [0, 0.1) is 0 Å². The van der Waals surface area contributed by atoms with Crippen LogP contribution >= 0.6 is 0 Å². The molecule has 2 N–H and O–H groups in total. The van der Waals surface area contributed by atoms with Crippen LogP contribution in [-0.4, -0.2) is 50.2 Å². The van der Waals surface area contributed by atoms with Crippen molar-refractivity contribution in [3.05, 3.63) is 35.9 Å². The zero-order valence-electron chi connectivity index (χ0n) is 8.89. The van der Waals surface area contributed by atoms with Crippen molar-refractivity contribution in [2.75, 3.05) is 0 Å². The van der Waals surface area contributed by atoms with Crippen LogP contribution in [-0.2, 0) is 11.3 Å². The van der Waals surface area contributed by atoms with Gasteiger partial charge in [-0.3, -0.25) is 0 Å². The van der Waals surface area contributed by atoms with E-state index in [1.165, 1.54) is 0 Å². The second kappa shape index (κ2) is 8.80. The summed E-state index contributed by atoms with van der Waals surface area (Å²) in [6.45, 7) is 0.602. The number of hydrogen-bond acceptors (Lipinski definition) is 2. The molecule has 0 bridgehead atoms. The van der Waals surface area contributed by atoms with Crippen molar-refractivity contribution < 1.29 is 9.90 Å². The second-order valence-corrected chi connectivity index (χ2v) is 4.21. The number of hydrogen-bond donors (Lipinski definition) is 2. The van der Waals surface area contributed by atoms with Gasteiger partial charge >= 0.3 is 114 Å². The zero-order valence-corrected chi connectivity index (χ0v) is 12.9. The van der Waals surface area contributed by atoms with Gasteiger partial charge in [0.15, 0.2) is 0 Å². The van der Waals surface area contributed by atoms with Gasteiger partial charge in [0.05, 0.1) is 0 Å². The molecule has 0 fully saturated rings. The topological polar surface area (TPSA) is 49.3 Å². The summed E-state index contributed by atoms with van der Waals surface area (Å²) in [7, 11) is 0. The van der Waals surface area contributed by atoms with E-state index in [-0.39, 0.29) is 17.1 Å². The van der Waals surface area contributed by atoms with Crippen molar-refractivity contribution in [2.45, 2.75) is 24.3 Å². The van der Waals surface area contributed by atoms with Gasteiger partial charge in [-0.25, -0.2) is 0 Å². The Bertz CT molecular complexity index is 306. The van der Waals surface area contributed by atoms with Crippen molar-refractivity contribution in [1.82, 2.24) is 5.32 Å². The third-order valence-electron chi connectivity index (χ3n) is 2.11. The third-order valence-corrected chi connectivity index (χ3v) is 2.65. The van der Waals surface area contributed by atoms with E-state index in [1.807, 2.05) is 30.3 Å². The van der Waals surface area contributed by atoms with Gasteiger partial charge < -0.3 is 0 Å². The molecule has 0 heterocycles. The van der Waals surface area contributed by atoms with Crippen LogP contribution in [0.25, 0.3) is 0 Å². The fourth-order valence-electron chi connectivity index (χ4n) is 1.28. The summed E-state index contributed by atoms with van der Waals surface area (Å²) in [4.78, 5) is 10.8. The number of benzene rings is 1. The van der Waals surface area contributed by atoms with Crippen LogP contribution in [0.5, 0.6) is 0 Å². The van der Waals surface area contributed by atoms with Crippen molar-refractivity contribution in [3.8, 4) is 0 Å². The molecule has 0 spiro atoms. The van der Waals surface area contributed by atoms with Crippen molar-refractivity contribution >= 4 is 39.1 Å². The first-order valence-electron chi connectivity index (χ1n) is 4.85. The first-order chi connectivity index (χ1) is 7.24. The first-order valence-corrected chi connectivity index (χ1v) is 6.17. The standard InChI is InChI=1S/C11H15NO2Se.H2Se/c13-11(14)10(6-7-15)12-8-9-4-2-1-3-5-9;/h1-5,10,12,15H,6-8H2,(H,13,14);1H2. The summed E-state index contributed by atoms with van der Waals surface area (Å²) in [5.41, 5.74) is 1.11. The van der Waals surface area contributed by atoms with Crippen molar-refractivity contribution in [3.63, 3.8) is 0 Å². The Morgan fingerprint density at radius 2 is 2.00 bits per heavy atom. The Labute approximate surface area is 114 Å². The van der Waals surface area contributed by atoms with E-state index in [2.05, 4.69) is 21.3 Å². The van der Waals surface area contributed by atoms with E-state index in [0.717, 1.165) is 10.9 Å². The molecule has 90 valence electrons. The van der Waals surface area contributed by atoms with Gasteiger partial charge in [0.2, 0.25) is 0 Å². The average Bonchev–Trinajstić information content (AvgIpc) is 2.25. The molecule has 0 saturated carbocycles. The molecule has 0 amide bonds. The van der Waals surface area contributed by atoms with E-state index in [0.29, 0.717) is 13.0 Å². The van der Waals surface area contributed by atoms with Crippen molar-refractivity contribution in [2.24, 2.45) is 0 Å². The van der Waals surface area contributed by atoms with Gasteiger partial charge in [-0.1, -0.05) is 0 Å². The Hall–Kier alpha value is -0.311. The van der Waals surface area contributed by atoms with E-state index in [4.69, 9.17) is 5.11 Å². The van der Waals surface area contributed by atoms with Crippen LogP contribution in [0.2, 0.25) is 5.32 Å². The average molecular weight is 353 g/mol.